The molecule has 6 heavy (non-hydrogen) atoms. The van der Waals surface area contributed by atoms with Crippen LogP contribution in [0.3, 0.4) is 0 Å². The lowest BCUT2D eigenvalue weighted by Gasteiger charge is -2.29. The Hall–Kier alpha value is -0.110. The van der Waals surface area contributed by atoms with Crippen LogP contribution in [0.2, 0.25) is 0 Å². The van der Waals surface area contributed by atoms with E-state index in [0.29, 0.717) is 0 Å². The highest BCUT2D eigenvalue weighted by Crippen LogP contribution is 2.19. The first-order valence-electron chi connectivity index (χ1n) is 1.97. The number of hydrogen-bond donors (Lipinski definition) is 0. The number of rotatable bonds is 0. The molecule has 0 aromatic carbocycles. The van der Waals surface area contributed by atoms with Crippen molar-refractivity contribution in [3.05, 3.63) is 0 Å². The summed E-state index contributed by atoms with van der Waals surface area (Å²) in [5, 5.41) is 0. The second-order valence-corrected chi connectivity index (χ2v) is 1.91. The van der Waals surface area contributed by atoms with Crippen molar-refractivity contribution in [2.45, 2.75) is 12.6 Å². The molecule has 1 aliphatic rings. The fourth-order valence-corrected chi connectivity index (χ4v) is 0.383. The second kappa shape index (κ2) is 0.936. The lowest BCUT2D eigenvalue weighted by Crippen LogP contribution is -2.42. The van der Waals surface area contributed by atoms with Gasteiger partial charge in [0.2, 0.25) is 0 Å². The predicted molar refractivity (Wildman–Crippen MR) is 20.3 cm³/mol. The van der Waals surface area contributed by atoms with Gasteiger partial charge in [-0.3, -0.25) is 0 Å². The Morgan fingerprint density at radius 1 is 1.67 bits per heavy atom. The molecule has 0 amide bonds. The summed E-state index contributed by atoms with van der Waals surface area (Å²) in [6, 6.07) is 0. The molecule has 1 rings (SSSR count). The van der Waals surface area contributed by atoms with E-state index in [1.54, 1.807) is 0 Å². The van der Waals surface area contributed by atoms with Crippen molar-refractivity contribution in [1.29, 1.82) is 0 Å². The summed E-state index contributed by atoms with van der Waals surface area (Å²) in [6.45, 7) is 2.11. The maximum Gasteiger partial charge on any atom is 0.154 e. The maximum absolute atomic E-state index is 12.1. The molecule has 0 aromatic heterocycles. The molecular weight excluding hydrogens is 83.0 g/mol. The molecule has 0 aliphatic carbocycles. The van der Waals surface area contributed by atoms with E-state index in [2.05, 4.69) is 4.74 Å². The maximum atomic E-state index is 12.1. The Morgan fingerprint density at radius 3 is 2.00 bits per heavy atom. The molecule has 1 heterocycles. The minimum atomic E-state index is -1.00. The molecule has 0 N–H and O–H groups in total. The van der Waals surface area contributed by atoms with Gasteiger partial charge in [-0.1, -0.05) is 0 Å². The highest BCUT2D eigenvalue weighted by Gasteiger charge is 2.32. The highest BCUT2D eigenvalue weighted by atomic mass is 19.1. The largest absolute Gasteiger partial charge is 0.375 e. The van der Waals surface area contributed by atoms with Gasteiger partial charge in [-0.15, -0.1) is 0 Å². The summed E-state index contributed by atoms with van der Waals surface area (Å²) in [5.41, 5.74) is -1.00. The van der Waals surface area contributed by atoms with Crippen LogP contribution in [-0.4, -0.2) is 18.9 Å². The molecule has 1 saturated heterocycles. The van der Waals surface area contributed by atoms with Crippen LogP contribution >= 0.6 is 0 Å². The number of ether oxygens (including phenoxy) is 1. The Kier molecular flexibility index (Phi) is 0.634. The predicted octanol–water partition coefficient (Wildman–Crippen LogP) is 0.745. The topological polar surface area (TPSA) is 9.23 Å². The third-order valence-corrected chi connectivity index (χ3v) is 0.806. The van der Waals surface area contributed by atoms with Crippen LogP contribution in [0.5, 0.6) is 0 Å². The molecule has 0 radical (unpaired) electrons. The van der Waals surface area contributed by atoms with E-state index in [-0.39, 0.29) is 13.2 Å². The fourth-order valence-electron chi connectivity index (χ4n) is 0.383. The minimum Gasteiger partial charge on any atom is -0.375 e. The first-order chi connectivity index (χ1) is 2.71. The van der Waals surface area contributed by atoms with E-state index in [1.807, 2.05) is 0 Å². The molecule has 0 unspecified atom stereocenters. The van der Waals surface area contributed by atoms with Crippen molar-refractivity contribution in [1.82, 2.24) is 0 Å². The van der Waals surface area contributed by atoms with E-state index < -0.39 is 5.67 Å². The third-order valence-electron chi connectivity index (χ3n) is 0.806. The van der Waals surface area contributed by atoms with Gasteiger partial charge in [0.05, 0.1) is 13.2 Å². The van der Waals surface area contributed by atoms with Gasteiger partial charge in [-0.2, -0.15) is 0 Å². The van der Waals surface area contributed by atoms with Crippen molar-refractivity contribution >= 4 is 0 Å². The molecule has 0 aromatic rings. The number of halogens is 1. The lowest BCUT2D eigenvalue weighted by atomic mass is 10.1. The molecule has 0 atom stereocenters. The second-order valence-electron chi connectivity index (χ2n) is 1.91. The van der Waals surface area contributed by atoms with Gasteiger partial charge in [0, 0.05) is 0 Å². The monoisotopic (exact) mass is 90.0 g/mol. The van der Waals surface area contributed by atoms with Crippen LogP contribution in [0.4, 0.5) is 4.39 Å². The van der Waals surface area contributed by atoms with Gasteiger partial charge in [-0.05, 0) is 6.92 Å². The van der Waals surface area contributed by atoms with Crippen LogP contribution in [0.15, 0.2) is 0 Å². The third kappa shape index (κ3) is 0.522. The molecule has 0 bridgehead atoms. The van der Waals surface area contributed by atoms with Crippen molar-refractivity contribution in [2.24, 2.45) is 0 Å². The molecule has 2 heteroatoms. The van der Waals surface area contributed by atoms with Crippen LogP contribution in [0, 0.1) is 0 Å². The van der Waals surface area contributed by atoms with Gasteiger partial charge < -0.3 is 4.74 Å². The molecule has 1 nitrogen and oxygen atoms in total. The summed E-state index contributed by atoms with van der Waals surface area (Å²) < 4.78 is 16.6. The summed E-state index contributed by atoms with van der Waals surface area (Å²) in [4.78, 5) is 0. The summed E-state index contributed by atoms with van der Waals surface area (Å²) in [5.74, 6) is 0. The number of alkyl halides is 1. The molecular formula is C4H7FO. The van der Waals surface area contributed by atoms with Crippen molar-refractivity contribution in [3.63, 3.8) is 0 Å². The first-order valence-corrected chi connectivity index (χ1v) is 1.97. The van der Waals surface area contributed by atoms with Gasteiger partial charge >= 0.3 is 0 Å². The first kappa shape index (κ1) is 4.06. The van der Waals surface area contributed by atoms with Gasteiger partial charge in [0.1, 0.15) is 0 Å². The van der Waals surface area contributed by atoms with Crippen molar-refractivity contribution in [2.75, 3.05) is 13.2 Å². The van der Waals surface area contributed by atoms with Crippen LogP contribution in [0.1, 0.15) is 6.92 Å². The Balaban J connectivity index is 2.31. The average molecular weight is 90.1 g/mol. The van der Waals surface area contributed by atoms with Crippen LogP contribution in [0.25, 0.3) is 0 Å². The fraction of sp³-hybridized carbons (Fsp3) is 1.00. The summed E-state index contributed by atoms with van der Waals surface area (Å²) in [7, 11) is 0. The van der Waals surface area contributed by atoms with Crippen molar-refractivity contribution < 1.29 is 9.13 Å². The van der Waals surface area contributed by atoms with E-state index in [0.717, 1.165) is 0 Å². The standard InChI is InChI=1S/C4H7FO/c1-4(5)2-6-3-4/h2-3H2,1H3. The Morgan fingerprint density at radius 2 is 2.00 bits per heavy atom. The van der Waals surface area contributed by atoms with E-state index >= 15 is 0 Å². The summed E-state index contributed by atoms with van der Waals surface area (Å²) in [6.07, 6.45) is 0. The molecule has 36 valence electrons. The number of hydrogen-bond acceptors (Lipinski definition) is 1. The minimum absolute atomic E-state index is 0.285. The quantitative estimate of drug-likeness (QED) is 0.426. The average Bonchev–Trinajstić information content (AvgIpc) is 1.32. The molecule has 1 aliphatic heterocycles. The van der Waals surface area contributed by atoms with Crippen LogP contribution in [-0.2, 0) is 4.74 Å². The summed E-state index contributed by atoms with van der Waals surface area (Å²) >= 11 is 0. The molecule has 0 saturated carbocycles. The zero-order valence-corrected chi connectivity index (χ0v) is 3.70. The van der Waals surface area contributed by atoms with Crippen molar-refractivity contribution in [3.8, 4) is 0 Å². The smallest absolute Gasteiger partial charge is 0.154 e. The van der Waals surface area contributed by atoms with Gasteiger partial charge in [0.15, 0.2) is 5.67 Å². The van der Waals surface area contributed by atoms with E-state index in [4.69, 9.17) is 0 Å². The van der Waals surface area contributed by atoms with E-state index in [1.165, 1.54) is 6.92 Å². The van der Waals surface area contributed by atoms with Gasteiger partial charge in [0.25, 0.3) is 0 Å². The highest BCUT2D eigenvalue weighted by molar-refractivity contribution is 4.79. The lowest BCUT2D eigenvalue weighted by molar-refractivity contribution is -0.118. The zero-order valence-electron chi connectivity index (χ0n) is 3.70. The SMILES string of the molecule is CC1(F)COC1. The molecule has 1 fully saturated rings. The normalized spacial score (nSPS) is 29.0. The van der Waals surface area contributed by atoms with Crippen LogP contribution < -0.4 is 0 Å². The van der Waals surface area contributed by atoms with Gasteiger partial charge in [-0.25, -0.2) is 4.39 Å². The Labute approximate surface area is 36.1 Å². The Bertz CT molecular complexity index is 54.6. The molecule has 0 spiro atoms. The zero-order chi connectivity index (χ0) is 4.62. The van der Waals surface area contributed by atoms with E-state index in [9.17, 15) is 4.39 Å².